The lowest BCUT2D eigenvalue weighted by molar-refractivity contribution is 0.0949. The molecule has 5 nitrogen and oxygen atoms in total. The summed E-state index contributed by atoms with van der Waals surface area (Å²) in [6, 6.07) is 3.01. The van der Waals surface area contributed by atoms with Crippen molar-refractivity contribution in [1.29, 1.82) is 0 Å². The number of hydrogen-bond donors (Lipinski definition) is 3. The summed E-state index contributed by atoms with van der Waals surface area (Å²) in [5.74, 6) is -0.212. The normalized spacial score (nSPS) is 11.9. The Labute approximate surface area is 98.8 Å². The van der Waals surface area contributed by atoms with Gasteiger partial charge in [0.15, 0.2) is 10.9 Å². The van der Waals surface area contributed by atoms with Gasteiger partial charge in [-0.15, -0.1) is 0 Å². The highest BCUT2D eigenvalue weighted by molar-refractivity contribution is 7.80. The van der Waals surface area contributed by atoms with Crippen molar-refractivity contribution in [2.75, 3.05) is 6.61 Å². The van der Waals surface area contributed by atoms with Crippen molar-refractivity contribution in [2.45, 2.75) is 19.4 Å². The van der Waals surface area contributed by atoms with Crippen LogP contribution in [-0.2, 0) is 0 Å². The molecule has 0 radical (unpaired) electrons. The van der Waals surface area contributed by atoms with Crippen LogP contribution in [0.4, 0.5) is 0 Å². The number of carbonyl (C=O) groups excluding carboxylic acids is 1. The zero-order valence-corrected chi connectivity index (χ0v) is 9.71. The van der Waals surface area contributed by atoms with Gasteiger partial charge < -0.3 is 14.8 Å². The largest absolute Gasteiger partial charge is 0.459 e. The molecule has 1 unspecified atom stereocenters. The number of thiocarbonyl (C=S) groups is 1. The fraction of sp³-hybridized carbons (Fsp3) is 0.400. The lowest BCUT2D eigenvalue weighted by Crippen LogP contribution is -2.45. The Balaban J connectivity index is 2.43. The molecule has 1 aromatic rings. The quantitative estimate of drug-likeness (QED) is 0.676. The van der Waals surface area contributed by atoms with Crippen LogP contribution >= 0.6 is 12.2 Å². The molecule has 0 saturated carbocycles. The first kappa shape index (κ1) is 12.7. The molecule has 1 aromatic heterocycles. The number of aliphatic hydroxyl groups excluding tert-OH is 1. The average molecular weight is 242 g/mol. The number of furan rings is 1. The maximum absolute atomic E-state index is 11.5. The van der Waals surface area contributed by atoms with E-state index in [0.29, 0.717) is 6.42 Å². The maximum atomic E-state index is 11.5. The minimum atomic E-state index is -0.407. The second-order valence-corrected chi connectivity index (χ2v) is 3.60. The third-order valence-electron chi connectivity index (χ3n) is 2.02. The fourth-order valence-corrected chi connectivity index (χ4v) is 1.33. The molecule has 0 aliphatic carbocycles. The molecule has 6 heteroatoms. The fourth-order valence-electron chi connectivity index (χ4n) is 1.07. The predicted molar refractivity (Wildman–Crippen MR) is 63.1 cm³/mol. The minimum absolute atomic E-state index is 0.0345. The summed E-state index contributed by atoms with van der Waals surface area (Å²) in [6.45, 7) is 1.87. The average Bonchev–Trinajstić information content (AvgIpc) is 2.79. The molecule has 0 spiro atoms. The summed E-state index contributed by atoms with van der Waals surface area (Å²) in [5.41, 5.74) is 0. The molecule has 0 fully saturated rings. The van der Waals surface area contributed by atoms with Gasteiger partial charge in [0.1, 0.15) is 0 Å². The molecule has 1 amide bonds. The van der Waals surface area contributed by atoms with Gasteiger partial charge in [-0.25, -0.2) is 0 Å². The van der Waals surface area contributed by atoms with Gasteiger partial charge in [0, 0.05) is 0 Å². The van der Waals surface area contributed by atoms with Gasteiger partial charge in [0.25, 0.3) is 5.91 Å². The molecule has 88 valence electrons. The summed E-state index contributed by atoms with van der Waals surface area (Å²) >= 11 is 4.92. The van der Waals surface area contributed by atoms with Crippen LogP contribution in [0.3, 0.4) is 0 Å². The highest BCUT2D eigenvalue weighted by Gasteiger charge is 2.12. The number of hydrogen-bond acceptors (Lipinski definition) is 4. The van der Waals surface area contributed by atoms with Crippen LogP contribution in [0.5, 0.6) is 0 Å². The minimum Gasteiger partial charge on any atom is -0.459 e. The number of rotatable bonds is 4. The van der Waals surface area contributed by atoms with Gasteiger partial charge in [-0.2, -0.15) is 0 Å². The Morgan fingerprint density at radius 1 is 1.69 bits per heavy atom. The lowest BCUT2D eigenvalue weighted by Gasteiger charge is -2.15. The molecule has 0 saturated heterocycles. The van der Waals surface area contributed by atoms with E-state index >= 15 is 0 Å². The van der Waals surface area contributed by atoms with E-state index in [0.717, 1.165) is 0 Å². The summed E-state index contributed by atoms with van der Waals surface area (Å²) in [6.07, 6.45) is 2.13. The number of amides is 1. The van der Waals surface area contributed by atoms with Crippen LogP contribution in [0.2, 0.25) is 0 Å². The molecule has 1 atom stereocenters. The zero-order chi connectivity index (χ0) is 12.0. The topological polar surface area (TPSA) is 74.5 Å². The Morgan fingerprint density at radius 2 is 2.44 bits per heavy atom. The summed E-state index contributed by atoms with van der Waals surface area (Å²) in [7, 11) is 0. The SMILES string of the molecule is CCC(CO)NC(=S)NC(=O)c1ccco1. The molecule has 0 aliphatic rings. The Morgan fingerprint density at radius 3 is 2.94 bits per heavy atom. The first-order valence-corrected chi connectivity index (χ1v) is 5.34. The Kier molecular flexibility index (Phi) is 4.94. The third-order valence-corrected chi connectivity index (χ3v) is 2.24. The summed E-state index contributed by atoms with van der Waals surface area (Å²) < 4.78 is 4.90. The monoisotopic (exact) mass is 242 g/mol. The van der Waals surface area contributed by atoms with Crippen molar-refractivity contribution in [3.8, 4) is 0 Å². The molecule has 3 N–H and O–H groups in total. The van der Waals surface area contributed by atoms with Crippen molar-refractivity contribution in [2.24, 2.45) is 0 Å². The van der Waals surface area contributed by atoms with Crippen LogP contribution in [0, 0.1) is 0 Å². The van der Waals surface area contributed by atoms with Gasteiger partial charge >= 0.3 is 0 Å². The second kappa shape index (κ2) is 6.24. The standard InChI is InChI=1S/C10H14N2O3S/c1-2-7(6-13)11-10(16)12-9(14)8-4-3-5-15-8/h3-5,7,13H,2,6H2,1H3,(H2,11,12,14,16). The van der Waals surface area contributed by atoms with E-state index in [-0.39, 0.29) is 23.5 Å². The summed E-state index contributed by atoms with van der Waals surface area (Å²) in [4.78, 5) is 11.5. The Bertz CT molecular complexity index is 347. The van der Waals surface area contributed by atoms with Crippen molar-refractivity contribution in [1.82, 2.24) is 10.6 Å². The molecule has 1 heterocycles. The second-order valence-electron chi connectivity index (χ2n) is 3.19. The first-order valence-electron chi connectivity index (χ1n) is 4.93. The molecule has 0 aliphatic heterocycles. The van der Waals surface area contributed by atoms with Crippen LogP contribution < -0.4 is 10.6 Å². The summed E-state index contributed by atoms with van der Waals surface area (Å²) in [5, 5.41) is 14.4. The van der Waals surface area contributed by atoms with Crippen molar-refractivity contribution in [3.05, 3.63) is 24.2 Å². The van der Waals surface area contributed by atoms with Crippen LogP contribution in [0.1, 0.15) is 23.9 Å². The zero-order valence-electron chi connectivity index (χ0n) is 8.90. The van der Waals surface area contributed by atoms with Crippen LogP contribution in [0.25, 0.3) is 0 Å². The first-order chi connectivity index (χ1) is 7.67. The van der Waals surface area contributed by atoms with Gasteiger partial charge in [0.05, 0.1) is 18.9 Å². The van der Waals surface area contributed by atoms with E-state index in [4.69, 9.17) is 21.7 Å². The number of carbonyl (C=O) groups is 1. The van der Waals surface area contributed by atoms with E-state index in [1.807, 2.05) is 6.92 Å². The van der Waals surface area contributed by atoms with Gasteiger partial charge in [0.2, 0.25) is 0 Å². The number of nitrogens with one attached hydrogen (secondary N) is 2. The maximum Gasteiger partial charge on any atom is 0.293 e. The van der Waals surface area contributed by atoms with Crippen LogP contribution in [-0.4, -0.2) is 28.8 Å². The Hall–Kier alpha value is -1.40. The van der Waals surface area contributed by atoms with Crippen molar-refractivity contribution < 1.29 is 14.3 Å². The van der Waals surface area contributed by atoms with Gasteiger partial charge in [-0.1, -0.05) is 6.92 Å². The highest BCUT2D eigenvalue weighted by Crippen LogP contribution is 1.99. The van der Waals surface area contributed by atoms with E-state index in [2.05, 4.69) is 10.6 Å². The predicted octanol–water partition coefficient (Wildman–Crippen LogP) is 0.655. The molecule has 16 heavy (non-hydrogen) atoms. The van der Waals surface area contributed by atoms with Crippen LogP contribution in [0.15, 0.2) is 22.8 Å². The molecule has 0 bridgehead atoms. The number of aliphatic hydroxyl groups is 1. The lowest BCUT2D eigenvalue weighted by atomic mass is 10.2. The van der Waals surface area contributed by atoms with Crippen molar-refractivity contribution >= 4 is 23.2 Å². The molecule has 0 aromatic carbocycles. The highest BCUT2D eigenvalue weighted by atomic mass is 32.1. The molecular weight excluding hydrogens is 228 g/mol. The smallest absolute Gasteiger partial charge is 0.293 e. The van der Waals surface area contributed by atoms with E-state index in [1.54, 1.807) is 12.1 Å². The van der Waals surface area contributed by atoms with E-state index in [9.17, 15) is 4.79 Å². The van der Waals surface area contributed by atoms with Gasteiger partial charge in [-0.3, -0.25) is 10.1 Å². The molecular formula is C10H14N2O3S. The van der Waals surface area contributed by atoms with E-state index in [1.165, 1.54) is 6.26 Å². The molecule has 1 rings (SSSR count). The van der Waals surface area contributed by atoms with Gasteiger partial charge in [-0.05, 0) is 30.8 Å². The van der Waals surface area contributed by atoms with E-state index < -0.39 is 5.91 Å². The van der Waals surface area contributed by atoms with Crippen molar-refractivity contribution in [3.63, 3.8) is 0 Å². The third kappa shape index (κ3) is 3.63.